The number of benzene rings is 1. The summed E-state index contributed by atoms with van der Waals surface area (Å²) in [7, 11) is 0. The van der Waals surface area contributed by atoms with Crippen LogP contribution in [-0.2, 0) is 25.9 Å². The first-order chi connectivity index (χ1) is 13.1. The van der Waals surface area contributed by atoms with Gasteiger partial charge < -0.3 is 20.3 Å². The minimum Gasteiger partial charge on any atom is -0.478 e. The maximum Gasteiger partial charge on any atom is 0.335 e. The topological polar surface area (TPSA) is 109 Å². The molecule has 1 aromatic heterocycles. The number of rotatable bonds is 7. The highest BCUT2D eigenvalue weighted by Crippen LogP contribution is 2.15. The zero-order valence-electron chi connectivity index (χ0n) is 15.3. The van der Waals surface area contributed by atoms with Crippen LogP contribution in [0.5, 0.6) is 0 Å². The van der Waals surface area contributed by atoms with Gasteiger partial charge in [-0.05, 0) is 37.0 Å². The van der Waals surface area contributed by atoms with Crippen LogP contribution < -0.4 is 10.6 Å². The third-order valence-corrected chi connectivity index (χ3v) is 4.70. The van der Waals surface area contributed by atoms with E-state index in [-0.39, 0.29) is 11.6 Å². The number of hydrogen-bond donors (Lipinski definition) is 3. The third-order valence-electron chi connectivity index (χ3n) is 4.70. The van der Waals surface area contributed by atoms with Crippen molar-refractivity contribution in [1.82, 2.24) is 25.4 Å². The molecule has 0 aliphatic carbocycles. The van der Waals surface area contributed by atoms with E-state index in [0.29, 0.717) is 13.1 Å². The molecule has 3 rings (SSSR count). The van der Waals surface area contributed by atoms with Gasteiger partial charge in [0, 0.05) is 32.5 Å². The lowest BCUT2D eigenvalue weighted by Crippen LogP contribution is -2.35. The van der Waals surface area contributed by atoms with Crippen LogP contribution in [0.3, 0.4) is 0 Å². The lowest BCUT2D eigenvalue weighted by atomic mass is 10.1. The highest BCUT2D eigenvalue weighted by molar-refractivity contribution is 5.87. The lowest BCUT2D eigenvalue weighted by molar-refractivity contribution is 0.0697. The Hall–Kier alpha value is -2.90. The normalized spacial score (nSPS) is 13.5. The Morgan fingerprint density at radius 2 is 1.89 bits per heavy atom. The van der Waals surface area contributed by atoms with E-state index in [2.05, 4.69) is 25.4 Å². The minimum atomic E-state index is -0.961. The highest BCUT2D eigenvalue weighted by atomic mass is 16.4. The summed E-state index contributed by atoms with van der Waals surface area (Å²) in [6.45, 7) is 1.90. The summed E-state index contributed by atoms with van der Waals surface area (Å²) in [6.07, 6.45) is 6.19. The molecular weight excluding hydrogens is 346 g/mol. The van der Waals surface area contributed by atoms with Gasteiger partial charge in [0.25, 0.3) is 0 Å². The quantitative estimate of drug-likeness (QED) is 0.646. The zero-order valence-corrected chi connectivity index (χ0v) is 15.3. The van der Waals surface area contributed by atoms with E-state index in [1.165, 1.54) is 31.4 Å². The van der Waals surface area contributed by atoms with Crippen molar-refractivity contribution < 1.29 is 14.7 Å². The summed E-state index contributed by atoms with van der Waals surface area (Å²) in [5.74, 6) is 1.13. The van der Waals surface area contributed by atoms with Crippen molar-refractivity contribution in [3.05, 3.63) is 47.0 Å². The number of fused-ring (bicyclic) bond motifs is 1. The molecule has 0 saturated heterocycles. The number of hydrogen-bond acceptors (Lipinski definition) is 4. The second-order valence-electron chi connectivity index (χ2n) is 6.71. The van der Waals surface area contributed by atoms with E-state index in [9.17, 15) is 9.59 Å². The first kappa shape index (κ1) is 18.9. The molecule has 3 N–H and O–H groups in total. The number of carboxylic acid groups (broad SMARTS) is 1. The number of nitrogens with one attached hydrogen (secondary N) is 2. The van der Waals surface area contributed by atoms with E-state index < -0.39 is 5.97 Å². The van der Waals surface area contributed by atoms with Crippen LogP contribution in [-0.4, -0.2) is 38.4 Å². The molecule has 0 bridgehead atoms. The Balaban J connectivity index is 1.36. The van der Waals surface area contributed by atoms with Crippen LogP contribution in [0.1, 0.15) is 53.3 Å². The summed E-state index contributed by atoms with van der Waals surface area (Å²) in [4.78, 5) is 22.7. The molecule has 1 aliphatic heterocycles. The predicted octanol–water partition coefficient (Wildman–Crippen LogP) is 2.13. The molecule has 0 saturated carbocycles. The number of carbonyl (C=O) groups excluding carboxylic acids is 1. The maximum absolute atomic E-state index is 11.9. The molecule has 27 heavy (non-hydrogen) atoms. The molecular formula is C19H25N5O3. The second kappa shape index (κ2) is 9.16. The molecule has 0 radical (unpaired) electrons. The fraction of sp³-hybridized carbons (Fsp3) is 0.474. The van der Waals surface area contributed by atoms with Crippen LogP contribution in [0.15, 0.2) is 24.3 Å². The van der Waals surface area contributed by atoms with Crippen LogP contribution in [0.2, 0.25) is 0 Å². The van der Waals surface area contributed by atoms with Crippen molar-refractivity contribution in [3.8, 4) is 0 Å². The number of carbonyl (C=O) groups is 2. The summed E-state index contributed by atoms with van der Waals surface area (Å²) in [5.41, 5.74) is 1.08. The van der Waals surface area contributed by atoms with Crippen LogP contribution >= 0.6 is 0 Å². The summed E-state index contributed by atoms with van der Waals surface area (Å²) >= 11 is 0. The van der Waals surface area contributed by atoms with Crippen molar-refractivity contribution in [1.29, 1.82) is 0 Å². The molecule has 144 valence electrons. The van der Waals surface area contributed by atoms with Gasteiger partial charge in [-0.3, -0.25) is 0 Å². The number of aromatic nitrogens is 3. The first-order valence-corrected chi connectivity index (χ1v) is 9.38. The molecule has 1 aliphatic rings. The van der Waals surface area contributed by atoms with E-state index in [0.717, 1.165) is 43.0 Å². The molecule has 8 heteroatoms. The second-order valence-corrected chi connectivity index (χ2v) is 6.71. The smallest absolute Gasteiger partial charge is 0.335 e. The van der Waals surface area contributed by atoms with Gasteiger partial charge in [0.2, 0.25) is 0 Å². The monoisotopic (exact) mass is 371 g/mol. The van der Waals surface area contributed by atoms with E-state index >= 15 is 0 Å². The summed E-state index contributed by atoms with van der Waals surface area (Å²) < 4.78 is 2.23. The number of urea groups is 1. The van der Waals surface area contributed by atoms with E-state index in [1.807, 2.05) is 0 Å². The molecule has 2 heterocycles. The van der Waals surface area contributed by atoms with Crippen LogP contribution in [0, 0.1) is 0 Å². The molecule has 8 nitrogen and oxygen atoms in total. The van der Waals surface area contributed by atoms with Crippen molar-refractivity contribution in [2.24, 2.45) is 0 Å². The van der Waals surface area contributed by atoms with Gasteiger partial charge in [0.05, 0.1) is 5.56 Å². The van der Waals surface area contributed by atoms with Gasteiger partial charge in [-0.1, -0.05) is 18.6 Å². The van der Waals surface area contributed by atoms with Gasteiger partial charge in [-0.25, -0.2) is 9.59 Å². The number of nitrogens with zero attached hydrogens (tertiary/aromatic N) is 3. The Labute approximate surface area is 158 Å². The predicted molar refractivity (Wildman–Crippen MR) is 99.5 cm³/mol. The Bertz CT molecular complexity index is 785. The van der Waals surface area contributed by atoms with E-state index in [4.69, 9.17) is 5.11 Å². The van der Waals surface area contributed by atoms with Gasteiger partial charge in [0.15, 0.2) is 0 Å². The summed E-state index contributed by atoms with van der Waals surface area (Å²) in [6, 6.07) is 6.20. The molecule has 0 spiro atoms. The Morgan fingerprint density at radius 3 is 2.67 bits per heavy atom. The Morgan fingerprint density at radius 1 is 1.07 bits per heavy atom. The molecule has 2 amide bonds. The maximum atomic E-state index is 11.9. The average Bonchev–Trinajstić information content (AvgIpc) is 2.90. The Kier molecular flexibility index (Phi) is 6.40. The molecule has 0 unspecified atom stereocenters. The molecule has 0 atom stereocenters. The fourth-order valence-corrected chi connectivity index (χ4v) is 3.19. The third kappa shape index (κ3) is 5.29. The van der Waals surface area contributed by atoms with Gasteiger partial charge in [-0.15, -0.1) is 10.2 Å². The fourth-order valence-electron chi connectivity index (χ4n) is 3.19. The lowest BCUT2D eigenvalue weighted by Gasteiger charge is -2.09. The number of aryl methyl sites for hydroxylation is 2. The average molecular weight is 371 g/mol. The van der Waals surface area contributed by atoms with Crippen molar-refractivity contribution >= 4 is 12.0 Å². The summed E-state index contributed by atoms with van der Waals surface area (Å²) in [5, 5.41) is 23.1. The molecule has 0 fully saturated rings. The minimum absolute atomic E-state index is 0.231. The van der Waals surface area contributed by atoms with Crippen LogP contribution in [0.25, 0.3) is 0 Å². The molecule has 2 aromatic rings. The van der Waals surface area contributed by atoms with Gasteiger partial charge in [0.1, 0.15) is 11.6 Å². The SMILES string of the molecule is O=C(NCCCc1nnc2n1CCCCC2)NCc1ccc(C(=O)O)cc1. The zero-order chi connectivity index (χ0) is 19.1. The highest BCUT2D eigenvalue weighted by Gasteiger charge is 2.14. The number of carboxylic acids is 1. The van der Waals surface area contributed by atoms with Crippen molar-refractivity contribution in [2.75, 3.05) is 6.54 Å². The standard InChI is InChI=1S/C19H25N5O3/c25-18(26)15-9-7-14(8-10-15)13-21-19(27)20-11-4-6-17-23-22-16-5-2-1-3-12-24(16)17/h7-10H,1-6,11-13H2,(H,25,26)(H2,20,21,27). The van der Waals surface area contributed by atoms with Gasteiger partial charge >= 0.3 is 12.0 Å². The number of aromatic carboxylic acids is 1. The van der Waals surface area contributed by atoms with E-state index in [1.54, 1.807) is 12.1 Å². The van der Waals surface area contributed by atoms with Gasteiger partial charge in [-0.2, -0.15) is 0 Å². The first-order valence-electron chi connectivity index (χ1n) is 9.38. The molecule has 1 aromatic carbocycles. The van der Waals surface area contributed by atoms with Crippen LogP contribution in [0.4, 0.5) is 4.79 Å². The largest absolute Gasteiger partial charge is 0.478 e. The van der Waals surface area contributed by atoms with Crippen molar-refractivity contribution in [3.63, 3.8) is 0 Å². The number of amides is 2. The van der Waals surface area contributed by atoms with Crippen molar-refractivity contribution in [2.45, 2.75) is 51.6 Å².